The third-order valence-corrected chi connectivity index (χ3v) is 6.52. The second-order valence-corrected chi connectivity index (χ2v) is 9.10. The molecule has 1 aliphatic heterocycles. The third-order valence-electron chi connectivity index (χ3n) is 6.52. The Balaban J connectivity index is 1.46. The molecule has 2 aliphatic rings. The molecular weight excluding hydrogens is 448 g/mol. The summed E-state index contributed by atoms with van der Waals surface area (Å²) in [7, 11) is 0. The molecule has 5 rings (SSSR count). The Morgan fingerprint density at radius 3 is 2.54 bits per heavy atom. The fourth-order valence-corrected chi connectivity index (χ4v) is 4.74. The third kappa shape index (κ3) is 5.21. The molecular formula is C27H30N2O6. The first-order valence-corrected chi connectivity index (χ1v) is 12.2. The number of carbonyl (C=O) groups excluding carboxylic acids is 2. The second kappa shape index (κ2) is 10.3. The topological polar surface area (TPSA) is 94.2 Å². The first-order valence-electron chi connectivity index (χ1n) is 12.2. The van der Waals surface area contributed by atoms with E-state index in [4.69, 9.17) is 18.3 Å². The molecule has 0 bridgehead atoms. The van der Waals surface area contributed by atoms with E-state index in [1.165, 1.54) is 11.3 Å². The number of ether oxygens (including phenoxy) is 2. The summed E-state index contributed by atoms with van der Waals surface area (Å²) in [6.45, 7) is 1.93. The summed E-state index contributed by atoms with van der Waals surface area (Å²) in [4.78, 5) is 29.1. The van der Waals surface area contributed by atoms with Gasteiger partial charge in [0.2, 0.25) is 6.10 Å². The van der Waals surface area contributed by atoms with E-state index < -0.39 is 12.1 Å². The minimum absolute atomic E-state index is 0.0403. The number of hydrogen-bond acceptors (Lipinski definition) is 6. The number of para-hydroxylation sites is 2. The van der Waals surface area contributed by atoms with Crippen LogP contribution in [0, 0.1) is 6.92 Å². The van der Waals surface area contributed by atoms with Crippen molar-refractivity contribution in [1.82, 2.24) is 10.2 Å². The first kappa shape index (κ1) is 23.1. The Morgan fingerprint density at radius 1 is 1.03 bits per heavy atom. The van der Waals surface area contributed by atoms with Crippen LogP contribution in [0.25, 0.3) is 0 Å². The van der Waals surface area contributed by atoms with Crippen molar-refractivity contribution in [2.75, 3.05) is 6.61 Å². The number of hydrogen-bond donors (Lipinski definition) is 1. The smallest absolute Gasteiger partial charge is 0.268 e. The van der Waals surface area contributed by atoms with Gasteiger partial charge in [0.25, 0.3) is 11.8 Å². The highest BCUT2D eigenvalue weighted by Crippen LogP contribution is 2.33. The van der Waals surface area contributed by atoms with Gasteiger partial charge in [0, 0.05) is 6.04 Å². The average molecular weight is 479 g/mol. The van der Waals surface area contributed by atoms with Crippen molar-refractivity contribution in [3.63, 3.8) is 0 Å². The summed E-state index contributed by atoms with van der Waals surface area (Å²) < 4.78 is 23.2. The van der Waals surface area contributed by atoms with Crippen molar-refractivity contribution >= 4 is 11.8 Å². The number of amides is 2. The van der Waals surface area contributed by atoms with E-state index >= 15 is 0 Å². The van der Waals surface area contributed by atoms with E-state index in [2.05, 4.69) is 5.32 Å². The van der Waals surface area contributed by atoms with Gasteiger partial charge in [-0.1, -0.05) is 31.4 Å². The molecule has 3 aromatic rings. The van der Waals surface area contributed by atoms with Crippen molar-refractivity contribution in [2.45, 2.75) is 63.8 Å². The fourth-order valence-electron chi connectivity index (χ4n) is 4.74. The van der Waals surface area contributed by atoms with Crippen molar-refractivity contribution in [2.24, 2.45) is 0 Å². The van der Waals surface area contributed by atoms with E-state index in [9.17, 15) is 9.59 Å². The van der Waals surface area contributed by atoms with Gasteiger partial charge in [0.15, 0.2) is 17.5 Å². The average Bonchev–Trinajstić information content (AvgIpc) is 3.55. The van der Waals surface area contributed by atoms with Gasteiger partial charge in [-0.2, -0.15) is 0 Å². The SMILES string of the molecule is Cc1ccc([C@H](C(=O)NC2CCCCC2)N(Cc2ccco2)C(=O)[C@H]2COc3ccccc3O2)o1. The van der Waals surface area contributed by atoms with Crippen LogP contribution in [0.15, 0.2) is 63.6 Å². The maximum Gasteiger partial charge on any atom is 0.268 e. The number of nitrogens with zero attached hydrogens (tertiary/aromatic N) is 1. The molecule has 2 amide bonds. The van der Waals surface area contributed by atoms with E-state index in [1.54, 1.807) is 42.7 Å². The van der Waals surface area contributed by atoms with Crippen LogP contribution in [0.1, 0.15) is 55.4 Å². The minimum Gasteiger partial charge on any atom is -0.485 e. The Morgan fingerprint density at radius 2 is 1.83 bits per heavy atom. The largest absolute Gasteiger partial charge is 0.485 e. The molecule has 0 radical (unpaired) electrons. The van der Waals surface area contributed by atoms with Gasteiger partial charge in [-0.3, -0.25) is 9.59 Å². The van der Waals surface area contributed by atoms with Crippen molar-refractivity contribution in [3.05, 3.63) is 72.1 Å². The quantitative estimate of drug-likeness (QED) is 0.536. The van der Waals surface area contributed by atoms with Gasteiger partial charge in [0.1, 0.15) is 23.9 Å². The van der Waals surface area contributed by atoms with E-state index in [0.717, 1.165) is 25.7 Å². The van der Waals surface area contributed by atoms with Crippen LogP contribution < -0.4 is 14.8 Å². The predicted octanol–water partition coefficient (Wildman–Crippen LogP) is 4.54. The van der Waals surface area contributed by atoms with Crippen LogP contribution in [-0.2, 0) is 16.1 Å². The molecule has 1 aliphatic carbocycles. The lowest BCUT2D eigenvalue weighted by molar-refractivity contribution is -0.150. The maximum absolute atomic E-state index is 13.9. The number of rotatable bonds is 7. The summed E-state index contributed by atoms with van der Waals surface area (Å²) in [5.74, 6) is 2.03. The van der Waals surface area contributed by atoms with Crippen molar-refractivity contribution in [1.29, 1.82) is 0 Å². The zero-order valence-corrected chi connectivity index (χ0v) is 19.8. The zero-order valence-electron chi connectivity index (χ0n) is 19.8. The first-order chi connectivity index (χ1) is 17.1. The Kier molecular flexibility index (Phi) is 6.79. The standard InChI is InChI=1S/C27H30N2O6/c1-18-13-14-23(34-18)25(26(30)28-19-8-3-2-4-9-19)29(16-20-10-7-15-32-20)27(31)24-17-33-21-11-5-6-12-22(21)35-24/h5-7,10-15,19,24-25H,2-4,8-9,16-17H2,1H3,(H,28,30)/t24-,25-/m1/s1. The monoisotopic (exact) mass is 478 g/mol. The molecule has 0 unspecified atom stereocenters. The lowest BCUT2D eigenvalue weighted by Gasteiger charge is -2.35. The molecule has 1 saturated carbocycles. The summed E-state index contributed by atoms with van der Waals surface area (Å²) in [6, 6.07) is 13.4. The molecule has 2 aromatic heterocycles. The van der Waals surface area contributed by atoms with Crippen molar-refractivity contribution in [3.8, 4) is 11.5 Å². The van der Waals surface area contributed by atoms with E-state index in [-0.39, 0.29) is 31.0 Å². The van der Waals surface area contributed by atoms with Gasteiger partial charge in [-0.25, -0.2) is 0 Å². The Hall–Kier alpha value is -3.68. The number of benzene rings is 1. The summed E-state index contributed by atoms with van der Waals surface area (Å²) in [5.41, 5.74) is 0. The summed E-state index contributed by atoms with van der Waals surface area (Å²) >= 11 is 0. The van der Waals surface area contributed by atoms with Gasteiger partial charge >= 0.3 is 0 Å². The highest BCUT2D eigenvalue weighted by molar-refractivity contribution is 5.90. The highest BCUT2D eigenvalue weighted by atomic mass is 16.6. The molecule has 8 nitrogen and oxygen atoms in total. The normalized spacial score (nSPS) is 18.6. The molecule has 35 heavy (non-hydrogen) atoms. The minimum atomic E-state index is -0.982. The molecule has 1 aromatic carbocycles. The number of nitrogens with one attached hydrogen (secondary N) is 1. The van der Waals surface area contributed by atoms with Gasteiger partial charge in [-0.15, -0.1) is 0 Å². The fraction of sp³-hybridized carbons (Fsp3) is 0.407. The zero-order chi connectivity index (χ0) is 24.2. The van der Waals surface area contributed by atoms with Crippen LogP contribution in [0.5, 0.6) is 11.5 Å². The molecule has 184 valence electrons. The van der Waals surface area contributed by atoms with Crippen LogP contribution in [0.3, 0.4) is 0 Å². The predicted molar refractivity (Wildman–Crippen MR) is 127 cm³/mol. The number of fused-ring (bicyclic) bond motifs is 1. The van der Waals surface area contributed by atoms with Gasteiger partial charge in [0.05, 0.1) is 12.8 Å². The van der Waals surface area contributed by atoms with E-state index in [1.807, 2.05) is 19.1 Å². The van der Waals surface area contributed by atoms with Gasteiger partial charge < -0.3 is 28.5 Å². The van der Waals surface area contributed by atoms with Crippen LogP contribution in [-0.4, -0.2) is 35.5 Å². The van der Waals surface area contributed by atoms with Gasteiger partial charge in [-0.05, 0) is 56.2 Å². The number of furan rings is 2. The Labute approximate surface area is 204 Å². The van der Waals surface area contributed by atoms with Crippen molar-refractivity contribution < 1.29 is 27.9 Å². The maximum atomic E-state index is 13.9. The molecule has 8 heteroatoms. The van der Waals surface area contributed by atoms with Crippen LogP contribution in [0.4, 0.5) is 0 Å². The summed E-state index contributed by atoms with van der Waals surface area (Å²) in [6.07, 6.45) is 5.82. The number of carbonyl (C=O) groups is 2. The molecule has 1 N–H and O–H groups in total. The molecule has 3 heterocycles. The molecule has 2 atom stereocenters. The second-order valence-electron chi connectivity index (χ2n) is 9.10. The summed E-state index contributed by atoms with van der Waals surface area (Å²) in [5, 5.41) is 3.16. The lowest BCUT2D eigenvalue weighted by atomic mass is 9.95. The Bertz CT molecular complexity index is 1150. The van der Waals surface area contributed by atoms with E-state index in [0.29, 0.717) is 28.8 Å². The lowest BCUT2D eigenvalue weighted by Crippen LogP contribution is -2.52. The van der Waals surface area contributed by atoms with Crippen LogP contribution >= 0.6 is 0 Å². The molecule has 0 saturated heterocycles. The van der Waals surface area contributed by atoms with Crippen LogP contribution in [0.2, 0.25) is 0 Å². The molecule has 0 spiro atoms. The molecule has 1 fully saturated rings. The number of aryl methyl sites for hydroxylation is 1. The highest BCUT2D eigenvalue weighted by Gasteiger charge is 2.40.